The number of anilines is 2. The van der Waals surface area contributed by atoms with E-state index in [1.807, 2.05) is 6.92 Å². The Labute approximate surface area is 101 Å². The van der Waals surface area contributed by atoms with Crippen LogP contribution in [-0.2, 0) is 6.54 Å². The third kappa shape index (κ3) is 2.38. The van der Waals surface area contributed by atoms with E-state index in [1.54, 1.807) is 17.1 Å². The summed E-state index contributed by atoms with van der Waals surface area (Å²) in [6, 6.07) is 1.36. The van der Waals surface area contributed by atoms with Gasteiger partial charge in [0.15, 0.2) is 11.6 Å². The van der Waals surface area contributed by atoms with Gasteiger partial charge in [0, 0.05) is 23.4 Å². The van der Waals surface area contributed by atoms with Gasteiger partial charge in [0.1, 0.15) is 0 Å². The molecule has 0 spiro atoms. The van der Waals surface area contributed by atoms with Crippen molar-refractivity contribution in [2.75, 3.05) is 5.32 Å². The monoisotopic (exact) mass is 284 g/mol. The number of nitrogens with zero attached hydrogens (tertiary/aromatic N) is 3. The lowest BCUT2D eigenvalue weighted by atomic mass is 10.4. The minimum absolute atomic E-state index is 0.193. The van der Waals surface area contributed by atoms with E-state index in [2.05, 4.69) is 31.3 Å². The number of rotatable bonds is 3. The van der Waals surface area contributed by atoms with Crippen LogP contribution in [0.3, 0.4) is 0 Å². The molecular weight excluding hydrogens is 275 g/mol. The van der Waals surface area contributed by atoms with E-state index in [4.69, 9.17) is 0 Å². The third-order valence-corrected chi connectivity index (χ3v) is 2.46. The summed E-state index contributed by atoms with van der Waals surface area (Å²) in [5.74, 6) is -0.211. The molecule has 0 amide bonds. The maximum absolute atomic E-state index is 13.4. The van der Waals surface area contributed by atoms with Gasteiger partial charge in [-0.3, -0.25) is 4.68 Å². The number of hydrogen-bond acceptors (Lipinski definition) is 3. The van der Waals surface area contributed by atoms with Crippen LogP contribution in [0.25, 0.3) is 0 Å². The van der Waals surface area contributed by atoms with Crippen LogP contribution < -0.4 is 5.32 Å². The minimum Gasteiger partial charge on any atom is -0.335 e. The first-order chi connectivity index (χ1) is 7.69. The van der Waals surface area contributed by atoms with Gasteiger partial charge in [0.05, 0.1) is 11.9 Å². The topological polar surface area (TPSA) is 42.7 Å². The second kappa shape index (κ2) is 4.61. The lowest BCUT2D eigenvalue weighted by Crippen LogP contribution is -1.96. The zero-order valence-corrected chi connectivity index (χ0v) is 10.2. The van der Waals surface area contributed by atoms with Gasteiger partial charge in [-0.15, -0.1) is 0 Å². The van der Waals surface area contributed by atoms with E-state index in [0.29, 0.717) is 4.47 Å². The highest BCUT2D eigenvalue weighted by atomic mass is 79.9. The Balaban J connectivity index is 2.20. The molecule has 0 aliphatic carbocycles. The molecule has 0 fully saturated rings. The minimum atomic E-state index is -0.404. The van der Waals surface area contributed by atoms with Crippen LogP contribution in [0.15, 0.2) is 29.1 Å². The van der Waals surface area contributed by atoms with Crippen molar-refractivity contribution >= 4 is 27.4 Å². The Morgan fingerprint density at radius 3 is 2.94 bits per heavy atom. The summed E-state index contributed by atoms with van der Waals surface area (Å²) in [5.41, 5.74) is 0.718. The summed E-state index contributed by atoms with van der Waals surface area (Å²) in [6.45, 7) is 2.76. The Hall–Kier alpha value is -1.43. The van der Waals surface area contributed by atoms with Crippen LogP contribution in [0.5, 0.6) is 0 Å². The van der Waals surface area contributed by atoms with Gasteiger partial charge in [-0.1, -0.05) is 0 Å². The summed E-state index contributed by atoms with van der Waals surface area (Å²) >= 11 is 3.15. The van der Waals surface area contributed by atoms with Gasteiger partial charge in [-0.05, 0) is 28.9 Å². The molecule has 0 unspecified atom stereocenters. The summed E-state index contributed by atoms with van der Waals surface area (Å²) in [7, 11) is 0. The number of halogens is 2. The molecule has 2 heterocycles. The molecule has 0 radical (unpaired) electrons. The van der Waals surface area contributed by atoms with Gasteiger partial charge in [-0.2, -0.15) is 5.10 Å². The zero-order chi connectivity index (χ0) is 11.5. The fraction of sp³-hybridized carbons (Fsp3) is 0.200. The Kier molecular flexibility index (Phi) is 3.19. The zero-order valence-electron chi connectivity index (χ0n) is 8.61. The summed E-state index contributed by atoms with van der Waals surface area (Å²) in [6.07, 6.45) is 4.96. The summed E-state index contributed by atoms with van der Waals surface area (Å²) < 4.78 is 15.8. The molecule has 6 heteroatoms. The van der Waals surface area contributed by atoms with E-state index >= 15 is 0 Å². The third-order valence-electron chi connectivity index (χ3n) is 2.03. The van der Waals surface area contributed by atoms with Crippen molar-refractivity contribution in [3.05, 3.63) is 34.9 Å². The van der Waals surface area contributed by atoms with Crippen molar-refractivity contribution < 1.29 is 4.39 Å². The van der Waals surface area contributed by atoms with Gasteiger partial charge < -0.3 is 5.32 Å². The fourth-order valence-electron chi connectivity index (χ4n) is 1.24. The molecule has 2 aromatic rings. The lowest BCUT2D eigenvalue weighted by Gasteiger charge is -2.03. The molecule has 84 valence electrons. The average molecular weight is 285 g/mol. The van der Waals surface area contributed by atoms with Gasteiger partial charge in [-0.25, -0.2) is 9.37 Å². The van der Waals surface area contributed by atoms with Crippen molar-refractivity contribution in [1.82, 2.24) is 14.8 Å². The molecule has 0 bridgehead atoms. The van der Waals surface area contributed by atoms with Crippen molar-refractivity contribution in [1.29, 1.82) is 0 Å². The molecule has 1 N–H and O–H groups in total. The van der Waals surface area contributed by atoms with E-state index in [-0.39, 0.29) is 5.82 Å². The molecule has 2 rings (SSSR count). The lowest BCUT2D eigenvalue weighted by molar-refractivity contribution is 0.625. The van der Waals surface area contributed by atoms with E-state index in [1.165, 1.54) is 12.3 Å². The van der Waals surface area contributed by atoms with E-state index in [9.17, 15) is 4.39 Å². The Morgan fingerprint density at radius 2 is 2.31 bits per heavy atom. The molecule has 0 saturated carbocycles. The molecule has 2 aromatic heterocycles. The van der Waals surface area contributed by atoms with Gasteiger partial charge in [0.25, 0.3) is 0 Å². The molecule has 0 aliphatic heterocycles. The molecule has 0 aliphatic rings. The highest BCUT2D eigenvalue weighted by Crippen LogP contribution is 2.19. The summed E-state index contributed by atoms with van der Waals surface area (Å²) in [4.78, 5) is 3.94. The molecule has 4 nitrogen and oxygen atoms in total. The van der Waals surface area contributed by atoms with Crippen LogP contribution in [0.1, 0.15) is 6.92 Å². The molecule has 0 saturated heterocycles. The predicted molar refractivity (Wildman–Crippen MR) is 63.1 cm³/mol. The second-order valence-electron chi connectivity index (χ2n) is 3.19. The number of aryl methyl sites for hydroxylation is 1. The normalized spacial score (nSPS) is 10.4. The largest absolute Gasteiger partial charge is 0.335 e. The Morgan fingerprint density at radius 1 is 1.50 bits per heavy atom. The molecule has 16 heavy (non-hydrogen) atoms. The second-order valence-corrected chi connectivity index (χ2v) is 4.11. The van der Waals surface area contributed by atoms with Crippen LogP contribution in [0, 0.1) is 5.82 Å². The average Bonchev–Trinajstić information content (AvgIpc) is 2.70. The van der Waals surface area contributed by atoms with Crippen LogP contribution in [0.2, 0.25) is 0 Å². The van der Waals surface area contributed by atoms with Crippen LogP contribution in [0.4, 0.5) is 15.9 Å². The van der Waals surface area contributed by atoms with Crippen LogP contribution >= 0.6 is 15.9 Å². The first-order valence-corrected chi connectivity index (χ1v) is 5.59. The van der Waals surface area contributed by atoms with E-state index < -0.39 is 5.82 Å². The van der Waals surface area contributed by atoms with Crippen molar-refractivity contribution in [2.45, 2.75) is 13.5 Å². The maximum Gasteiger partial charge on any atom is 0.166 e. The number of nitrogens with one attached hydrogen (secondary N) is 1. The smallest absolute Gasteiger partial charge is 0.166 e. The van der Waals surface area contributed by atoms with Crippen molar-refractivity contribution in [3.8, 4) is 0 Å². The predicted octanol–water partition coefficient (Wildman–Crippen LogP) is 2.94. The standard InChI is InChI=1S/C10H10BrFN4/c1-2-16-6-8(5-14-16)15-10-9(12)3-7(11)4-13-10/h3-6H,2H2,1H3,(H,13,15). The van der Waals surface area contributed by atoms with Crippen molar-refractivity contribution in [3.63, 3.8) is 0 Å². The van der Waals surface area contributed by atoms with Gasteiger partial charge in [0.2, 0.25) is 0 Å². The molecule has 0 aromatic carbocycles. The molecule has 0 atom stereocenters. The number of hydrogen-bond donors (Lipinski definition) is 1. The quantitative estimate of drug-likeness (QED) is 0.942. The Bertz CT molecular complexity index is 497. The SMILES string of the molecule is CCn1cc(Nc2ncc(Br)cc2F)cn1. The van der Waals surface area contributed by atoms with Crippen molar-refractivity contribution in [2.24, 2.45) is 0 Å². The maximum atomic E-state index is 13.4. The summed E-state index contributed by atoms with van der Waals surface area (Å²) in [5, 5.41) is 6.94. The van der Waals surface area contributed by atoms with E-state index in [0.717, 1.165) is 12.2 Å². The number of aromatic nitrogens is 3. The highest BCUT2D eigenvalue weighted by Gasteiger charge is 2.05. The first-order valence-electron chi connectivity index (χ1n) is 4.79. The molecular formula is C10H10BrFN4. The van der Waals surface area contributed by atoms with Crippen LogP contribution in [-0.4, -0.2) is 14.8 Å². The van der Waals surface area contributed by atoms with Gasteiger partial charge >= 0.3 is 0 Å². The number of pyridine rings is 1. The first kappa shape index (κ1) is 11.1. The fourth-order valence-corrected chi connectivity index (χ4v) is 1.55. The highest BCUT2D eigenvalue weighted by molar-refractivity contribution is 9.10.